The van der Waals surface area contributed by atoms with E-state index >= 15 is 0 Å². The fourth-order valence-corrected chi connectivity index (χ4v) is 2.80. The molecule has 0 aliphatic heterocycles. The van der Waals surface area contributed by atoms with Gasteiger partial charge in [0, 0.05) is 29.8 Å². The molecule has 5 heteroatoms. The molecule has 1 atom stereocenters. The van der Waals surface area contributed by atoms with Crippen LogP contribution in [0.1, 0.15) is 18.5 Å². The summed E-state index contributed by atoms with van der Waals surface area (Å²) in [5.41, 5.74) is 4.72. The smallest absolute Gasteiger partial charge is 0.180 e. The molecule has 0 amide bonds. The van der Waals surface area contributed by atoms with E-state index in [1.54, 1.807) is 12.4 Å². The zero-order valence-electron chi connectivity index (χ0n) is 14.4. The highest BCUT2D eigenvalue weighted by Gasteiger charge is 2.05. The number of hydrogen-bond donors (Lipinski definition) is 2. The Kier molecular flexibility index (Phi) is 4.43. The van der Waals surface area contributed by atoms with Crippen molar-refractivity contribution in [3.63, 3.8) is 0 Å². The van der Waals surface area contributed by atoms with Gasteiger partial charge in [0.15, 0.2) is 5.65 Å². The number of benzene rings is 2. The lowest BCUT2D eigenvalue weighted by Crippen LogP contribution is -2.06. The van der Waals surface area contributed by atoms with Crippen LogP contribution in [0.25, 0.3) is 11.2 Å². The molecule has 0 aliphatic carbocycles. The number of pyridine rings is 1. The molecule has 0 radical (unpaired) electrons. The largest absolute Gasteiger partial charge is 0.379 e. The van der Waals surface area contributed by atoms with Crippen LogP contribution in [0.15, 0.2) is 79.1 Å². The number of nitrogens with zero attached hydrogens (tertiary/aromatic N) is 3. The van der Waals surface area contributed by atoms with Gasteiger partial charge in [-0.25, -0.2) is 9.97 Å². The van der Waals surface area contributed by atoms with Gasteiger partial charge in [0.2, 0.25) is 0 Å². The zero-order chi connectivity index (χ0) is 17.8. The molecule has 128 valence electrons. The number of rotatable bonds is 5. The Hall–Kier alpha value is -3.47. The topological polar surface area (TPSA) is 62.7 Å². The summed E-state index contributed by atoms with van der Waals surface area (Å²) in [6.45, 7) is 2.15. The molecular formula is C21H19N5. The summed E-state index contributed by atoms with van der Waals surface area (Å²) in [7, 11) is 0. The molecule has 2 N–H and O–H groups in total. The molecule has 2 aromatic carbocycles. The summed E-state index contributed by atoms with van der Waals surface area (Å²) in [5, 5.41) is 6.81. The van der Waals surface area contributed by atoms with Gasteiger partial charge < -0.3 is 10.6 Å². The van der Waals surface area contributed by atoms with Gasteiger partial charge in [-0.05, 0) is 48.9 Å². The van der Waals surface area contributed by atoms with E-state index in [4.69, 9.17) is 0 Å². The van der Waals surface area contributed by atoms with E-state index in [0.717, 1.165) is 22.7 Å². The monoisotopic (exact) mass is 341 g/mol. The van der Waals surface area contributed by atoms with Gasteiger partial charge in [-0.15, -0.1) is 0 Å². The van der Waals surface area contributed by atoms with Crippen molar-refractivity contribution in [2.45, 2.75) is 13.0 Å². The molecule has 2 heterocycles. The van der Waals surface area contributed by atoms with Crippen molar-refractivity contribution in [1.82, 2.24) is 15.0 Å². The quantitative estimate of drug-likeness (QED) is 0.538. The van der Waals surface area contributed by atoms with E-state index in [-0.39, 0.29) is 6.04 Å². The summed E-state index contributed by atoms with van der Waals surface area (Å²) in [5.74, 6) is 0.747. The van der Waals surface area contributed by atoms with E-state index < -0.39 is 0 Å². The molecule has 0 bridgehead atoms. The van der Waals surface area contributed by atoms with Gasteiger partial charge >= 0.3 is 0 Å². The second-order valence-corrected chi connectivity index (χ2v) is 6.07. The standard InChI is InChI=1S/C21H19N5/c1-15(16-5-3-2-4-6-16)24-17-7-9-18(10-8-17)25-20-12-11-19-21(26-20)23-14-13-22-19/h2-15,24H,1H3,(H,23,25,26). The van der Waals surface area contributed by atoms with Crippen LogP contribution < -0.4 is 10.6 Å². The van der Waals surface area contributed by atoms with Crippen LogP contribution in [0, 0.1) is 0 Å². The molecule has 2 aromatic heterocycles. The molecule has 5 nitrogen and oxygen atoms in total. The summed E-state index contributed by atoms with van der Waals surface area (Å²) in [6.07, 6.45) is 3.31. The lowest BCUT2D eigenvalue weighted by atomic mass is 10.1. The van der Waals surface area contributed by atoms with Gasteiger partial charge in [0.1, 0.15) is 11.3 Å². The van der Waals surface area contributed by atoms with Crippen LogP contribution in [-0.2, 0) is 0 Å². The molecule has 0 saturated carbocycles. The average molecular weight is 341 g/mol. The first kappa shape index (κ1) is 16.0. The highest BCUT2D eigenvalue weighted by molar-refractivity contribution is 5.73. The minimum absolute atomic E-state index is 0.246. The lowest BCUT2D eigenvalue weighted by molar-refractivity contribution is 0.885. The summed E-state index contributed by atoms with van der Waals surface area (Å²) in [6, 6.07) is 22.6. The van der Waals surface area contributed by atoms with Crippen molar-refractivity contribution in [2.24, 2.45) is 0 Å². The van der Waals surface area contributed by atoms with Gasteiger partial charge in [0.05, 0.1) is 0 Å². The Balaban J connectivity index is 1.45. The fraction of sp³-hybridized carbons (Fsp3) is 0.0952. The highest BCUT2D eigenvalue weighted by Crippen LogP contribution is 2.22. The Morgan fingerprint density at radius 3 is 2.31 bits per heavy atom. The maximum atomic E-state index is 4.48. The lowest BCUT2D eigenvalue weighted by Gasteiger charge is -2.16. The third-order valence-corrected chi connectivity index (χ3v) is 4.17. The van der Waals surface area contributed by atoms with Crippen LogP contribution >= 0.6 is 0 Å². The van der Waals surface area contributed by atoms with Crippen molar-refractivity contribution in [3.8, 4) is 0 Å². The molecule has 26 heavy (non-hydrogen) atoms. The first-order valence-electron chi connectivity index (χ1n) is 8.54. The summed E-state index contributed by atoms with van der Waals surface area (Å²) in [4.78, 5) is 12.9. The summed E-state index contributed by atoms with van der Waals surface area (Å²) >= 11 is 0. The minimum Gasteiger partial charge on any atom is -0.379 e. The predicted molar refractivity (Wildman–Crippen MR) is 106 cm³/mol. The van der Waals surface area contributed by atoms with Gasteiger partial charge in [-0.1, -0.05) is 30.3 Å². The van der Waals surface area contributed by atoms with Crippen LogP contribution in [-0.4, -0.2) is 15.0 Å². The molecule has 0 saturated heterocycles. The third-order valence-electron chi connectivity index (χ3n) is 4.17. The minimum atomic E-state index is 0.246. The summed E-state index contributed by atoms with van der Waals surface area (Å²) < 4.78 is 0. The van der Waals surface area contributed by atoms with Crippen LogP contribution in [0.2, 0.25) is 0 Å². The number of aromatic nitrogens is 3. The Morgan fingerprint density at radius 1 is 0.769 bits per heavy atom. The number of hydrogen-bond acceptors (Lipinski definition) is 5. The van der Waals surface area contributed by atoms with E-state index in [0.29, 0.717) is 5.65 Å². The first-order valence-corrected chi connectivity index (χ1v) is 8.54. The van der Waals surface area contributed by atoms with E-state index in [9.17, 15) is 0 Å². The second kappa shape index (κ2) is 7.19. The Bertz CT molecular complexity index is 999. The van der Waals surface area contributed by atoms with Crippen molar-refractivity contribution in [3.05, 3.63) is 84.7 Å². The van der Waals surface area contributed by atoms with E-state index in [2.05, 4.69) is 68.9 Å². The van der Waals surface area contributed by atoms with E-state index in [1.165, 1.54) is 5.56 Å². The van der Waals surface area contributed by atoms with Gasteiger partial charge in [-0.3, -0.25) is 4.98 Å². The Labute approximate surface area is 152 Å². The van der Waals surface area contributed by atoms with Crippen molar-refractivity contribution in [1.29, 1.82) is 0 Å². The molecule has 1 unspecified atom stereocenters. The van der Waals surface area contributed by atoms with Crippen LogP contribution in [0.3, 0.4) is 0 Å². The maximum absolute atomic E-state index is 4.48. The number of fused-ring (bicyclic) bond motifs is 1. The highest BCUT2D eigenvalue weighted by atomic mass is 15.0. The van der Waals surface area contributed by atoms with E-state index in [1.807, 2.05) is 30.3 Å². The molecule has 4 aromatic rings. The SMILES string of the molecule is CC(Nc1ccc(Nc2ccc3nccnc3n2)cc1)c1ccccc1. The zero-order valence-corrected chi connectivity index (χ0v) is 14.4. The first-order chi connectivity index (χ1) is 12.8. The normalized spacial score (nSPS) is 11.9. The van der Waals surface area contributed by atoms with Crippen molar-refractivity contribution < 1.29 is 0 Å². The fourth-order valence-electron chi connectivity index (χ4n) is 2.80. The van der Waals surface area contributed by atoms with Crippen LogP contribution in [0.4, 0.5) is 17.2 Å². The molecule has 0 fully saturated rings. The van der Waals surface area contributed by atoms with Gasteiger partial charge in [0.25, 0.3) is 0 Å². The van der Waals surface area contributed by atoms with Crippen molar-refractivity contribution in [2.75, 3.05) is 10.6 Å². The maximum Gasteiger partial charge on any atom is 0.180 e. The number of nitrogens with one attached hydrogen (secondary N) is 2. The van der Waals surface area contributed by atoms with Crippen molar-refractivity contribution >= 4 is 28.4 Å². The average Bonchev–Trinajstić information content (AvgIpc) is 2.70. The molecular weight excluding hydrogens is 322 g/mol. The third kappa shape index (κ3) is 3.62. The molecule has 4 rings (SSSR count). The predicted octanol–water partition coefficient (Wildman–Crippen LogP) is 4.94. The molecule has 0 aliphatic rings. The van der Waals surface area contributed by atoms with Crippen LogP contribution in [0.5, 0.6) is 0 Å². The second-order valence-electron chi connectivity index (χ2n) is 6.07. The van der Waals surface area contributed by atoms with Gasteiger partial charge in [-0.2, -0.15) is 0 Å². The number of anilines is 3. The Morgan fingerprint density at radius 2 is 1.50 bits per heavy atom. The molecule has 0 spiro atoms.